The van der Waals surface area contributed by atoms with Crippen LogP contribution in [0.5, 0.6) is 0 Å². The molecule has 1 aliphatic carbocycles. The zero-order chi connectivity index (χ0) is 15.0. The Bertz CT molecular complexity index is 749. The minimum atomic E-state index is -3.88. The first-order chi connectivity index (χ1) is 10.00. The van der Waals surface area contributed by atoms with Gasteiger partial charge in [0.25, 0.3) is 10.0 Å². The van der Waals surface area contributed by atoms with E-state index in [-0.39, 0.29) is 4.90 Å². The first-order valence-corrected chi connectivity index (χ1v) is 9.35. The summed E-state index contributed by atoms with van der Waals surface area (Å²) in [5.41, 5.74) is 1.89. The van der Waals surface area contributed by atoms with Crippen LogP contribution >= 0.6 is 0 Å². The van der Waals surface area contributed by atoms with E-state index in [0.717, 1.165) is 34.2 Å². The van der Waals surface area contributed by atoms with E-state index in [1.807, 2.05) is 6.92 Å². The highest BCUT2D eigenvalue weighted by Gasteiger charge is 2.34. The predicted octanol–water partition coefficient (Wildman–Crippen LogP) is 2.48. The summed E-state index contributed by atoms with van der Waals surface area (Å²) in [4.78, 5) is 0.811. The lowest BCUT2D eigenvalue weighted by Crippen LogP contribution is -2.32. The van der Waals surface area contributed by atoms with Crippen LogP contribution < -0.4 is 0 Å². The second kappa shape index (κ2) is 5.38. The van der Waals surface area contributed by atoms with Crippen LogP contribution in [-0.4, -0.2) is 22.7 Å². The maximum atomic E-state index is 12.6. The summed E-state index contributed by atoms with van der Waals surface area (Å²) < 4.78 is 38.4. The number of hydrogen-bond donors (Lipinski definition) is 0. The zero-order valence-corrected chi connectivity index (χ0v) is 13.3. The summed E-state index contributed by atoms with van der Waals surface area (Å²) in [5, 5.41) is 3.93. The summed E-state index contributed by atoms with van der Waals surface area (Å²) in [7, 11) is -5.62. The molecule has 1 aromatic rings. The molecule has 5 nitrogen and oxygen atoms in total. The van der Waals surface area contributed by atoms with Crippen LogP contribution in [0.4, 0.5) is 0 Å². The minimum absolute atomic E-state index is 0.110. The molecule has 7 heteroatoms. The van der Waals surface area contributed by atoms with Crippen molar-refractivity contribution in [1.29, 1.82) is 0 Å². The largest absolute Gasteiger partial charge is 0.291 e. The molecule has 0 saturated heterocycles. The molecule has 0 bridgehead atoms. The van der Waals surface area contributed by atoms with Crippen LogP contribution in [0.25, 0.3) is 0 Å². The average molecular weight is 324 g/mol. The maximum absolute atomic E-state index is 12.6. The van der Waals surface area contributed by atoms with Gasteiger partial charge < -0.3 is 0 Å². The fraction of sp³-hybridized carbons (Fsp3) is 0.357. The molecule has 1 aromatic carbocycles. The number of hydrogen-bond acceptors (Lipinski definition) is 4. The first-order valence-electron chi connectivity index (χ1n) is 6.80. The standard InChI is InChI=1S/C14H16N2O3S2/c1-11-6-8-13(9-7-11)21(18,19)16-15-10-12-4-2-3-5-14(12)20(16)17/h6-10H,2-5H2,1H3. The lowest BCUT2D eigenvalue weighted by Gasteiger charge is -2.26. The smallest absolute Gasteiger partial charge is 0.229 e. The molecule has 21 heavy (non-hydrogen) atoms. The number of aryl methyl sites for hydroxylation is 1. The Morgan fingerprint density at radius 2 is 1.81 bits per heavy atom. The minimum Gasteiger partial charge on any atom is -0.229 e. The summed E-state index contributed by atoms with van der Waals surface area (Å²) in [6, 6.07) is 6.47. The molecule has 0 aromatic heterocycles. The lowest BCUT2D eigenvalue weighted by molar-refractivity contribution is 0.538. The van der Waals surface area contributed by atoms with Crippen LogP contribution in [0.2, 0.25) is 0 Å². The summed E-state index contributed by atoms with van der Waals surface area (Å²) in [6.45, 7) is 1.88. The van der Waals surface area contributed by atoms with Crippen molar-refractivity contribution >= 4 is 27.2 Å². The normalized spacial score (nSPS) is 22.3. The number of allylic oxidation sites excluding steroid dienone is 2. The first kappa shape index (κ1) is 14.5. The van der Waals surface area contributed by atoms with Gasteiger partial charge in [-0.15, -0.1) is 0 Å². The van der Waals surface area contributed by atoms with Crippen molar-refractivity contribution in [2.45, 2.75) is 37.5 Å². The SMILES string of the molecule is Cc1ccc(S(=O)(=O)N2N=CC3=C(CCCC3)S2=O)cc1. The highest BCUT2D eigenvalue weighted by atomic mass is 32.3. The predicted molar refractivity (Wildman–Crippen MR) is 82.3 cm³/mol. The number of sulfonamides is 1. The highest BCUT2D eigenvalue weighted by molar-refractivity contribution is 8.02. The number of benzene rings is 1. The van der Waals surface area contributed by atoms with Gasteiger partial charge in [-0.1, -0.05) is 21.5 Å². The van der Waals surface area contributed by atoms with Gasteiger partial charge in [0.1, 0.15) is 0 Å². The summed E-state index contributed by atoms with van der Waals surface area (Å²) in [5.74, 6) is 0. The molecule has 0 amide bonds. The van der Waals surface area contributed by atoms with Crippen molar-refractivity contribution in [3.8, 4) is 0 Å². The summed E-state index contributed by atoms with van der Waals surface area (Å²) >= 11 is 0. The molecule has 1 unspecified atom stereocenters. The van der Waals surface area contributed by atoms with Gasteiger partial charge >= 0.3 is 0 Å². The van der Waals surface area contributed by atoms with Gasteiger partial charge in [0.15, 0.2) is 11.0 Å². The van der Waals surface area contributed by atoms with Crippen molar-refractivity contribution in [3.63, 3.8) is 0 Å². The molecule has 0 saturated carbocycles. The van der Waals surface area contributed by atoms with Crippen molar-refractivity contribution in [1.82, 2.24) is 3.82 Å². The fourth-order valence-electron chi connectivity index (χ4n) is 2.44. The molecule has 1 aliphatic heterocycles. The van der Waals surface area contributed by atoms with Gasteiger partial charge in [-0.2, -0.15) is 13.5 Å². The third-order valence-corrected chi connectivity index (χ3v) is 7.28. The van der Waals surface area contributed by atoms with Crippen molar-refractivity contribution in [2.24, 2.45) is 5.10 Å². The van der Waals surface area contributed by atoms with Gasteiger partial charge in [-0.05, 0) is 50.3 Å². The molecule has 1 heterocycles. The van der Waals surface area contributed by atoms with E-state index in [9.17, 15) is 12.6 Å². The van der Waals surface area contributed by atoms with E-state index in [4.69, 9.17) is 0 Å². The Labute approximate surface area is 127 Å². The molecule has 0 fully saturated rings. The molecule has 112 valence electrons. The lowest BCUT2D eigenvalue weighted by atomic mass is 10.0. The topological polar surface area (TPSA) is 66.8 Å². The Morgan fingerprint density at radius 1 is 1.14 bits per heavy atom. The number of rotatable bonds is 2. The van der Waals surface area contributed by atoms with E-state index in [1.54, 1.807) is 18.3 Å². The van der Waals surface area contributed by atoms with Crippen LogP contribution in [-0.2, 0) is 21.0 Å². The third kappa shape index (κ3) is 2.55. The van der Waals surface area contributed by atoms with Crippen LogP contribution in [0, 0.1) is 6.92 Å². The van der Waals surface area contributed by atoms with E-state index >= 15 is 0 Å². The van der Waals surface area contributed by atoms with Crippen molar-refractivity contribution in [3.05, 3.63) is 40.3 Å². The quantitative estimate of drug-likeness (QED) is 0.839. The summed E-state index contributed by atoms with van der Waals surface area (Å²) in [6.07, 6.45) is 5.02. The van der Waals surface area contributed by atoms with Crippen LogP contribution in [0.15, 0.2) is 44.7 Å². The molecular weight excluding hydrogens is 308 g/mol. The van der Waals surface area contributed by atoms with Gasteiger partial charge in [0, 0.05) is 4.91 Å². The maximum Gasteiger partial charge on any atom is 0.291 e. The van der Waals surface area contributed by atoms with Crippen LogP contribution in [0.1, 0.15) is 31.2 Å². The Balaban J connectivity index is 1.98. The number of nitrogens with zero attached hydrogens (tertiary/aromatic N) is 2. The fourth-order valence-corrected chi connectivity index (χ4v) is 5.53. The Morgan fingerprint density at radius 3 is 2.52 bits per heavy atom. The molecule has 0 radical (unpaired) electrons. The average Bonchev–Trinajstić information content (AvgIpc) is 2.48. The van der Waals surface area contributed by atoms with Gasteiger partial charge in [-0.25, -0.2) is 4.21 Å². The number of hydrazone groups is 1. The zero-order valence-electron chi connectivity index (χ0n) is 11.7. The van der Waals surface area contributed by atoms with Gasteiger partial charge in [0.05, 0.1) is 11.1 Å². The van der Waals surface area contributed by atoms with Crippen molar-refractivity contribution < 1.29 is 12.6 Å². The van der Waals surface area contributed by atoms with E-state index in [2.05, 4.69) is 5.10 Å². The molecule has 3 rings (SSSR count). The van der Waals surface area contributed by atoms with Gasteiger partial charge in [0.2, 0.25) is 0 Å². The Hall–Kier alpha value is -1.47. The van der Waals surface area contributed by atoms with Crippen LogP contribution in [0.3, 0.4) is 0 Å². The monoisotopic (exact) mass is 324 g/mol. The molecule has 2 aliphatic rings. The molecule has 0 spiro atoms. The van der Waals surface area contributed by atoms with Gasteiger partial charge in [-0.3, -0.25) is 0 Å². The van der Waals surface area contributed by atoms with Crippen molar-refractivity contribution in [2.75, 3.05) is 0 Å². The molecular formula is C14H16N2O3S2. The second-order valence-corrected chi connectivity index (χ2v) is 8.51. The van der Waals surface area contributed by atoms with E-state index in [0.29, 0.717) is 11.3 Å². The highest BCUT2D eigenvalue weighted by Crippen LogP contribution is 2.33. The molecule has 0 N–H and O–H groups in total. The molecule has 1 atom stereocenters. The van der Waals surface area contributed by atoms with E-state index in [1.165, 1.54) is 12.1 Å². The third-order valence-electron chi connectivity index (χ3n) is 3.64. The second-order valence-electron chi connectivity index (χ2n) is 5.18. The Kier molecular flexibility index (Phi) is 3.71. The van der Waals surface area contributed by atoms with E-state index < -0.39 is 21.0 Å².